The van der Waals surface area contributed by atoms with Crippen molar-refractivity contribution in [2.24, 2.45) is 0 Å². The molecule has 0 atom stereocenters. The van der Waals surface area contributed by atoms with E-state index in [0.717, 1.165) is 35.5 Å². The van der Waals surface area contributed by atoms with Crippen molar-refractivity contribution in [2.75, 3.05) is 11.1 Å². The fraction of sp³-hybridized carbons (Fsp3) is 0.0588. The standard InChI is InChI=1S/C17H11ClF2N2O2S/c18-11-3-1-10(2-4-11)15-8-21-17(24-15)25-9-16(23)22-14-7-12(19)5-6-13(14)20/h1-8H,9H2,(H,22,23). The van der Waals surface area contributed by atoms with Gasteiger partial charge in [0.1, 0.15) is 11.6 Å². The number of halogens is 3. The molecule has 25 heavy (non-hydrogen) atoms. The molecule has 0 aliphatic rings. The molecular weight excluding hydrogens is 370 g/mol. The van der Waals surface area contributed by atoms with Crippen molar-refractivity contribution in [1.82, 2.24) is 4.98 Å². The van der Waals surface area contributed by atoms with E-state index in [2.05, 4.69) is 10.3 Å². The summed E-state index contributed by atoms with van der Waals surface area (Å²) in [5, 5.41) is 3.21. The van der Waals surface area contributed by atoms with Crippen LogP contribution in [0.5, 0.6) is 0 Å². The SMILES string of the molecule is O=C(CSc1ncc(-c2ccc(Cl)cc2)o1)Nc1cc(F)ccc1F. The second-order valence-electron chi connectivity index (χ2n) is 4.96. The molecule has 3 aromatic rings. The van der Waals surface area contributed by atoms with Crippen LogP contribution in [-0.4, -0.2) is 16.6 Å². The van der Waals surface area contributed by atoms with Gasteiger partial charge in [0.25, 0.3) is 5.22 Å². The highest BCUT2D eigenvalue weighted by Crippen LogP contribution is 2.26. The van der Waals surface area contributed by atoms with Gasteiger partial charge in [-0.05, 0) is 36.4 Å². The Morgan fingerprint density at radius 1 is 1.20 bits per heavy atom. The van der Waals surface area contributed by atoms with Crippen LogP contribution in [0.3, 0.4) is 0 Å². The zero-order valence-electron chi connectivity index (χ0n) is 12.6. The number of benzene rings is 2. The largest absolute Gasteiger partial charge is 0.431 e. The molecule has 0 bridgehead atoms. The number of hydrogen-bond donors (Lipinski definition) is 1. The first kappa shape index (κ1) is 17.4. The Kier molecular flexibility index (Phi) is 5.35. The lowest BCUT2D eigenvalue weighted by Crippen LogP contribution is -2.15. The van der Waals surface area contributed by atoms with E-state index in [0.29, 0.717) is 16.0 Å². The molecular formula is C17H11ClF2N2O2S. The molecule has 0 fully saturated rings. The number of hydrogen-bond acceptors (Lipinski definition) is 4. The van der Waals surface area contributed by atoms with Gasteiger partial charge in [0.15, 0.2) is 5.76 Å². The van der Waals surface area contributed by atoms with E-state index < -0.39 is 17.5 Å². The summed E-state index contributed by atoms with van der Waals surface area (Å²) in [5.41, 5.74) is 0.592. The summed E-state index contributed by atoms with van der Waals surface area (Å²) in [6.45, 7) is 0. The highest BCUT2D eigenvalue weighted by Gasteiger charge is 2.12. The molecule has 0 unspecified atom stereocenters. The summed E-state index contributed by atoms with van der Waals surface area (Å²) in [6, 6.07) is 9.88. The van der Waals surface area contributed by atoms with Crippen molar-refractivity contribution in [3.05, 3.63) is 65.3 Å². The molecule has 2 aromatic carbocycles. The molecule has 128 valence electrons. The number of rotatable bonds is 5. The summed E-state index contributed by atoms with van der Waals surface area (Å²) >= 11 is 6.88. The number of nitrogens with zero attached hydrogens (tertiary/aromatic N) is 1. The number of aromatic nitrogens is 1. The van der Waals surface area contributed by atoms with E-state index in [9.17, 15) is 13.6 Å². The van der Waals surface area contributed by atoms with E-state index >= 15 is 0 Å². The molecule has 0 aliphatic heterocycles. The molecule has 3 rings (SSSR count). The second kappa shape index (κ2) is 7.67. The third-order valence-corrected chi connectivity index (χ3v) is 4.24. The number of oxazole rings is 1. The number of nitrogens with one attached hydrogen (secondary N) is 1. The van der Waals surface area contributed by atoms with Gasteiger partial charge >= 0.3 is 0 Å². The molecule has 0 spiro atoms. The van der Waals surface area contributed by atoms with Crippen LogP contribution < -0.4 is 5.32 Å². The van der Waals surface area contributed by atoms with E-state index in [-0.39, 0.29) is 11.4 Å². The van der Waals surface area contributed by atoms with Crippen molar-refractivity contribution in [3.63, 3.8) is 0 Å². The van der Waals surface area contributed by atoms with E-state index in [1.54, 1.807) is 24.3 Å². The van der Waals surface area contributed by atoms with Gasteiger partial charge in [0.05, 0.1) is 17.6 Å². The number of carbonyl (C=O) groups excluding carboxylic acids is 1. The van der Waals surface area contributed by atoms with Gasteiger partial charge in [0.2, 0.25) is 5.91 Å². The quantitative estimate of drug-likeness (QED) is 0.632. The molecule has 0 radical (unpaired) electrons. The Labute approximate surface area is 151 Å². The molecule has 8 heteroatoms. The van der Waals surface area contributed by atoms with Crippen molar-refractivity contribution in [2.45, 2.75) is 5.22 Å². The van der Waals surface area contributed by atoms with Gasteiger partial charge in [-0.2, -0.15) is 0 Å². The summed E-state index contributed by atoms with van der Waals surface area (Å²) in [6.07, 6.45) is 1.54. The van der Waals surface area contributed by atoms with Crippen molar-refractivity contribution in [3.8, 4) is 11.3 Å². The Morgan fingerprint density at radius 3 is 2.72 bits per heavy atom. The maximum Gasteiger partial charge on any atom is 0.256 e. The van der Waals surface area contributed by atoms with Crippen LogP contribution in [0.4, 0.5) is 14.5 Å². The third-order valence-electron chi connectivity index (χ3n) is 3.14. The lowest BCUT2D eigenvalue weighted by atomic mass is 10.2. The molecule has 0 saturated carbocycles. The predicted molar refractivity (Wildman–Crippen MR) is 92.7 cm³/mol. The average molecular weight is 381 g/mol. The summed E-state index contributed by atoms with van der Waals surface area (Å²) < 4.78 is 32.1. The highest BCUT2D eigenvalue weighted by atomic mass is 35.5. The minimum absolute atomic E-state index is 0.0590. The zero-order valence-corrected chi connectivity index (χ0v) is 14.2. The van der Waals surface area contributed by atoms with Crippen LogP contribution in [0.15, 0.2) is 58.3 Å². The first-order valence-electron chi connectivity index (χ1n) is 7.11. The normalized spacial score (nSPS) is 10.7. The van der Waals surface area contributed by atoms with Crippen molar-refractivity contribution in [1.29, 1.82) is 0 Å². The second-order valence-corrected chi connectivity index (χ2v) is 6.32. The third kappa shape index (κ3) is 4.58. The molecule has 1 amide bonds. The fourth-order valence-electron chi connectivity index (χ4n) is 1.98. The zero-order chi connectivity index (χ0) is 17.8. The van der Waals surface area contributed by atoms with Crippen LogP contribution in [0, 0.1) is 11.6 Å². The molecule has 0 saturated heterocycles. The van der Waals surface area contributed by atoms with Crippen LogP contribution >= 0.6 is 23.4 Å². The molecule has 1 N–H and O–H groups in total. The fourth-order valence-corrected chi connectivity index (χ4v) is 2.71. The molecule has 1 heterocycles. The Morgan fingerprint density at radius 2 is 1.96 bits per heavy atom. The Bertz CT molecular complexity index is 900. The van der Waals surface area contributed by atoms with Gasteiger partial charge in [-0.1, -0.05) is 23.4 Å². The summed E-state index contributed by atoms with van der Waals surface area (Å²) in [7, 11) is 0. The first-order chi connectivity index (χ1) is 12.0. The van der Waals surface area contributed by atoms with Crippen LogP contribution in [0.2, 0.25) is 5.02 Å². The Hall–Kier alpha value is -2.38. The minimum Gasteiger partial charge on any atom is -0.431 e. The molecule has 4 nitrogen and oxygen atoms in total. The van der Waals surface area contributed by atoms with Crippen LogP contribution in [0.1, 0.15) is 0 Å². The number of thioether (sulfide) groups is 1. The monoisotopic (exact) mass is 380 g/mol. The topological polar surface area (TPSA) is 55.1 Å². The summed E-state index contributed by atoms with van der Waals surface area (Å²) in [5.74, 6) is -1.36. The molecule has 0 aliphatic carbocycles. The Balaban J connectivity index is 1.59. The maximum absolute atomic E-state index is 13.5. The van der Waals surface area contributed by atoms with Gasteiger partial charge < -0.3 is 9.73 Å². The summed E-state index contributed by atoms with van der Waals surface area (Å²) in [4.78, 5) is 15.9. The number of amides is 1. The highest BCUT2D eigenvalue weighted by molar-refractivity contribution is 7.99. The number of carbonyl (C=O) groups is 1. The van der Waals surface area contributed by atoms with E-state index in [1.807, 2.05) is 0 Å². The van der Waals surface area contributed by atoms with Crippen LogP contribution in [0.25, 0.3) is 11.3 Å². The lowest BCUT2D eigenvalue weighted by molar-refractivity contribution is -0.113. The maximum atomic E-state index is 13.5. The predicted octanol–water partition coefficient (Wildman–Crippen LogP) is 5.00. The van der Waals surface area contributed by atoms with Gasteiger partial charge in [-0.15, -0.1) is 0 Å². The van der Waals surface area contributed by atoms with Gasteiger partial charge in [0, 0.05) is 16.7 Å². The van der Waals surface area contributed by atoms with E-state index in [4.69, 9.17) is 16.0 Å². The number of anilines is 1. The lowest BCUT2D eigenvalue weighted by Gasteiger charge is -2.05. The van der Waals surface area contributed by atoms with Crippen molar-refractivity contribution >= 4 is 35.0 Å². The first-order valence-corrected chi connectivity index (χ1v) is 8.47. The van der Waals surface area contributed by atoms with Gasteiger partial charge in [-0.25, -0.2) is 13.8 Å². The molecule has 1 aromatic heterocycles. The minimum atomic E-state index is -0.708. The average Bonchev–Trinajstić information content (AvgIpc) is 3.06. The smallest absolute Gasteiger partial charge is 0.256 e. The van der Waals surface area contributed by atoms with Crippen LogP contribution in [-0.2, 0) is 4.79 Å². The van der Waals surface area contributed by atoms with Gasteiger partial charge in [-0.3, -0.25) is 4.79 Å². The van der Waals surface area contributed by atoms with E-state index in [1.165, 1.54) is 6.20 Å². The van der Waals surface area contributed by atoms with Crippen molar-refractivity contribution < 1.29 is 18.0 Å².